The number of anilines is 1. The van der Waals surface area contributed by atoms with Crippen LogP contribution in [0.5, 0.6) is 0 Å². The van der Waals surface area contributed by atoms with Crippen molar-refractivity contribution < 1.29 is 4.79 Å². The number of aryl methyl sites for hydroxylation is 1. The highest BCUT2D eigenvalue weighted by molar-refractivity contribution is 9.10. The summed E-state index contributed by atoms with van der Waals surface area (Å²) in [5, 5.41) is 4.15. The quantitative estimate of drug-likeness (QED) is 0.698. The van der Waals surface area contributed by atoms with Crippen LogP contribution in [0, 0.1) is 0 Å². The van der Waals surface area contributed by atoms with Gasteiger partial charge in [-0.3, -0.25) is 9.48 Å². The van der Waals surface area contributed by atoms with Crippen LogP contribution >= 0.6 is 15.9 Å². The molecule has 0 aliphatic rings. The average molecular weight is 308 g/mol. The van der Waals surface area contributed by atoms with E-state index in [1.807, 2.05) is 19.2 Å². The standard InChI is InChI=1S/C13H14BrN3O/c1-2-17-8-9(7-16-17)5-13(18)11-6-10(14)3-4-12(11)15/h3-4,6-8H,2,5,15H2,1H3. The van der Waals surface area contributed by atoms with Crippen molar-refractivity contribution >= 4 is 27.4 Å². The molecule has 0 fully saturated rings. The average Bonchev–Trinajstić information content (AvgIpc) is 2.80. The molecule has 2 rings (SSSR count). The summed E-state index contributed by atoms with van der Waals surface area (Å²) in [6.45, 7) is 2.80. The maximum Gasteiger partial charge on any atom is 0.169 e. The lowest BCUT2D eigenvalue weighted by Crippen LogP contribution is -2.06. The van der Waals surface area contributed by atoms with E-state index >= 15 is 0 Å². The second-order valence-electron chi connectivity index (χ2n) is 4.04. The van der Waals surface area contributed by atoms with Crippen LogP contribution < -0.4 is 5.73 Å². The number of aromatic nitrogens is 2. The molecule has 0 amide bonds. The van der Waals surface area contributed by atoms with Crippen LogP contribution in [0.25, 0.3) is 0 Å². The Bertz CT molecular complexity index is 577. The first-order valence-corrected chi connectivity index (χ1v) is 6.49. The predicted molar refractivity (Wildman–Crippen MR) is 74.5 cm³/mol. The fraction of sp³-hybridized carbons (Fsp3) is 0.231. The Morgan fingerprint density at radius 2 is 2.28 bits per heavy atom. The third-order valence-corrected chi connectivity index (χ3v) is 3.18. The van der Waals surface area contributed by atoms with E-state index in [9.17, 15) is 4.79 Å². The van der Waals surface area contributed by atoms with Crippen LogP contribution in [0.4, 0.5) is 5.69 Å². The molecule has 0 saturated heterocycles. The second kappa shape index (κ2) is 5.35. The highest BCUT2D eigenvalue weighted by Crippen LogP contribution is 2.20. The first kappa shape index (κ1) is 12.8. The molecule has 94 valence electrons. The van der Waals surface area contributed by atoms with Crippen LogP contribution in [0.15, 0.2) is 35.1 Å². The zero-order valence-electron chi connectivity index (χ0n) is 10.1. The second-order valence-corrected chi connectivity index (χ2v) is 4.95. The molecule has 0 bridgehead atoms. The molecule has 0 radical (unpaired) electrons. The fourth-order valence-electron chi connectivity index (χ4n) is 1.72. The Balaban J connectivity index is 2.19. The Morgan fingerprint density at radius 1 is 1.50 bits per heavy atom. The predicted octanol–water partition coefficient (Wildman–Crippen LogP) is 2.67. The third-order valence-electron chi connectivity index (χ3n) is 2.69. The van der Waals surface area contributed by atoms with E-state index in [2.05, 4.69) is 21.0 Å². The van der Waals surface area contributed by atoms with Gasteiger partial charge in [-0.15, -0.1) is 0 Å². The lowest BCUT2D eigenvalue weighted by atomic mass is 10.0. The summed E-state index contributed by atoms with van der Waals surface area (Å²) in [6, 6.07) is 5.30. The number of hydrogen-bond acceptors (Lipinski definition) is 3. The maximum atomic E-state index is 12.1. The van der Waals surface area contributed by atoms with Gasteiger partial charge in [-0.25, -0.2) is 0 Å². The van der Waals surface area contributed by atoms with Gasteiger partial charge in [-0.2, -0.15) is 5.10 Å². The van der Waals surface area contributed by atoms with E-state index < -0.39 is 0 Å². The van der Waals surface area contributed by atoms with E-state index in [1.54, 1.807) is 23.0 Å². The topological polar surface area (TPSA) is 60.9 Å². The largest absolute Gasteiger partial charge is 0.398 e. The number of ketones is 1. The number of hydrogen-bond donors (Lipinski definition) is 1. The van der Waals surface area contributed by atoms with Crippen molar-refractivity contribution in [1.29, 1.82) is 0 Å². The molecule has 5 heteroatoms. The first-order chi connectivity index (χ1) is 8.60. The highest BCUT2D eigenvalue weighted by Gasteiger charge is 2.12. The van der Waals surface area contributed by atoms with Crippen LogP contribution in [-0.4, -0.2) is 15.6 Å². The van der Waals surface area contributed by atoms with Gasteiger partial charge in [-0.1, -0.05) is 15.9 Å². The number of carbonyl (C=O) groups is 1. The normalized spacial score (nSPS) is 10.6. The summed E-state index contributed by atoms with van der Waals surface area (Å²) >= 11 is 3.34. The van der Waals surface area contributed by atoms with Crippen molar-refractivity contribution in [2.75, 3.05) is 5.73 Å². The van der Waals surface area contributed by atoms with Gasteiger partial charge in [-0.05, 0) is 30.7 Å². The van der Waals surface area contributed by atoms with Crippen LogP contribution in [-0.2, 0) is 13.0 Å². The molecule has 0 saturated carbocycles. The van der Waals surface area contributed by atoms with Crippen molar-refractivity contribution in [2.24, 2.45) is 0 Å². The van der Waals surface area contributed by atoms with Crippen LogP contribution in [0.1, 0.15) is 22.8 Å². The van der Waals surface area contributed by atoms with E-state index in [1.165, 1.54) is 0 Å². The van der Waals surface area contributed by atoms with Crippen molar-refractivity contribution in [1.82, 2.24) is 9.78 Å². The molecule has 4 nitrogen and oxygen atoms in total. The van der Waals surface area contributed by atoms with Gasteiger partial charge in [0.2, 0.25) is 0 Å². The summed E-state index contributed by atoms with van der Waals surface area (Å²) in [4.78, 5) is 12.1. The van der Waals surface area contributed by atoms with E-state index in [4.69, 9.17) is 5.73 Å². The molecule has 0 unspecified atom stereocenters. The number of halogens is 1. The van der Waals surface area contributed by atoms with Gasteiger partial charge in [0.25, 0.3) is 0 Å². The highest BCUT2D eigenvalue weighted by atomic mass is 79.9. The van der Waals surface area contributed by atoms with E-state index in [0.29, 0.717) is 17.7 Å². The summed E-state index contributed by atoms with van der Waals surface area (Å²) in [5.41, 5.74) is 7.77. The van der Waals surface area contributed by atoms with Crippen LogP contribution in [0.2, 0.25) is 0 Å². The fourth-order valence-corrected chi connectivity index (χ4v) is 2.08. The minimum Gasteiger partial charge on any atom is -0.398 e. The van der Waals surface area contributed by atoms with Gasteiger partial charge in [0, 0.05) is 34.9 Å². The molecule has 0 atom stereocenters. The smallest absolute Gasteiger partial charge is 0.169 e. The molecule has 2 N–H and O–H groups in total. The number of rotatable bonds is 4. The number of carbonyl (C=O) groups excluding carboxylic acids is 1. The Kier molecular flexibility index (Phi) is 3.81. The number of Topliss-reactive ketones (excluding diaryl/α,β-unsaturated/α-hetero) is 1. The Labute approximate surface area is 114 Å². The van der Waals surface area contributed by atoms with Crippen LogP contribution in [0.3, 0.4) is 0 Å². The Hall–Kier alpha value is -1.62. The monoisotopic (exact) mass is 307 g/mol. The SMILES string of the molecule is CCn1cc(CC(=O)c2cc(Br)ccc2N)cn1. The molecule has 1 aromatic carbocycles. The van der Waals surface area contributed by atoms with Gasteiger partial charge in [0.05, 0.1) is 6.20 Å². The third kappa shape index (κ3) is 2.79. The summed E-state index contributed by atoms with van der Waals surface area (Å²) in [6.07, 6.45) is 3.92. The molecular formula is C13H14BrN3O. The van der Waals surface area contributed by atoms with Crippen molar-refractivity contribution in [3.05, 3.63) is 46.2 Å². The number of nitrogens with zero attached hydrogens (tertiary/aromatic N) is 2. The molecule has 2 aromatic rings. The van der Waals surface area contributed by atoms with Crippen molar-refractivity contribution in [3.8, 4) is 0 Å². The molecule has 0 aliphatic carbocycles. The molecular weight excluding hydrogens is 294 g/mol. The number of nitrogens with two attached hydrogens (primary N) is 1. The minimum atomic E-state index is 0.00412. The Morgan fingerprint density at radius 3 is 2.94 bits per heavy atom. The van der Waals surface area contributed by atoms with E-state index in [0.717, 1.165) is 16.6 Å². The first-order valence-electron chi connectivity index (χ1n) is 5.69. The van der Waals surface area contributed by atoms with Gasteiger partial charge < -0.3 is 5.73 Å². The molecule has 1 heterocycles. The van der Waals surface area contributed by atoms with Gasteiger partial charge >= 0.3 is 0 Å². The number of benzene rings is 1. The van der Waals surface area contributed by atoms with Crippen molar-refractivity contribution in [2.45, 2.75) is 19.9 Å². The maximum absolute atomic E-state index is 12.1. The lowest BCUT2D eigenvalue weighted by molar-refractivity contribution is 0.0993. The van der Waals surface area contributed by atoms with Gasteiger partial charge in [0.15, 0.2) is 5.78 Å². The molecule has 18 heavy (non-hydrogen) atoms. The lowest BCUT2D eigenvalue weighted by Gasteiger charge is -2.04. The van der Waals surface area contributed by atoms with E-state index in [-0.39, 0.29) is 5.78 Å². The minimum absolute atomic E-state index is 0.00412. The molecule has 0 aliphatic heterocycles. The summed E-state index contributed by atoms with van der Waals surface area (Å²) < 4.78 is 2.65. The molecule has 1 aromatic heterocycles. The zero-order valence-corrected chi connectivity index (χ0v) is 11.6. The van der Waals surface area contributed by atoms with Gasteiger partial charge in [0.1, 0.15) is 0 Å². The number of nitrogen functional groups attached to an aromatic ring is 1. The zero-order chi connectivity index (χ0) is 13.1. The summed E-state index contributed by atoms with van der Waals surface area (Å²) in [5.74, 6) is 0.00412. The molecule has 0 spiro atoms. The van der Waals surface area contributed by atoms with Crippen molar-refractivity contribution in [3.63, 3.8) is 0 Å². The summed E-state index contributed by atoms with van der Waals surface area (Å²) in [7, 11) is 0.